The maximum Gasteiger partial charge on any atom is 0.340 e. The van der Waals surface area contributed by atoms with Crippen molar-refractivity contribution >= 4 is 21.5 Å². The molecule has 18 heavy (non-hydrogen) atoms. The van der Waals surface area contributed by atoms with Crippen LogP contribution in [0.1, 0.15) is 17.3 Å². The number of anilines is 1. The molecule has 0 saturated heterocycles. The van der Waals surface area contributed by atoms with Gasteiger partial charge in [0.2, 0.25) is 0 Å². The first-order valence-electron chi connectivity index (χ1n) is 5.33. The van der Waals surface area contributed by atoms with E-state index in [1.807, 2.05) is 0 Å². The molecule has 0 bridgehead atoms. The molecule has 5 nitrogen and oxygen atoms in total. The fourth-order valence-electron chi connectivity index (χ4n) is 1.37. The summed E-state index contributed by atoms with van der Waals surface area (Å²) in [6.45, 7) is 1.57. The summed E-state index contributed by atoms with van der Waals surface area (Å²) in [5.74, 6) is -2.36. The second-order valence-electron chi connectivity index (χ2n) is 3.63. The number of hydrogen-bond acceptors (Lipinski definition) is 4. The third-order valence-electron chi connectivity index (χ3n) is 2.40. The summed E-state index contributed by atoms with van der Waals surface area (Å²) in [5.41, 5.74) is -0.403. The Morgan fingerprint density at radius 3 is 2.67 bits per heavy atom. The summed E-state index contributed by atoms with van der Waals surface area (Å²) < 4.78 is 35.8. The largest absolute Gasteiger partial charge is 0.478 e. The number of carbonyl (C=O) groups is 1. The Hall–Kier alpha value is -1.63. The molecule has 0 aliphatic rings. The van der Waals surface area contributed by atoms with Crippen LogP contribution >= 0.6 is 0 Å². The summed E-state index contributed by atoms with van der Waals surface area (Å²) >= 11 is 0. The molecule has 0 saturated carbocycles. The summed E-state index contributed by atoms with van der Waals surface area (Å²) in [4.78, 5) is 10.9. The van der Waals surface area contributed by atoms with E-state index < -0.39 is 27.2 Å². The molecule has 1 aromatic carbocycles. The number of rotatable bonds is 6. The predicted molar refractivity (Wildman–Crippen MR) is 66.2 cm³/mol. The molecule has 2 N–H and O–H groups in total. The fraction of sp³-hybridized carbons (Fsp3) is 0.364. The van der Waals surface area contributed by atoms with Crippen LogP contribution in [0.3, 0.4) is 0 Å². The molecule has 0 aliphatic carbocycles. The third kappa shape index (κ3) is 3.69. The predicted octanol–water partition coefficient (Wildman–Crippen LogP) is 1.37. The average Bonchev–Trinajstić information content (AvgIpc) is 2.28. The molecule has 0 aliphatic heterocycles. The highest BCUT2D eigenvalue weighted by Crippen LogP contribution is 2.18. The first-order valence-corrected chi connectivity index (χ1v) is 7.15. The van der Waals surface area contributed by atoms with E-state index in [0.29, 0.717) is 0 Å². The van der Waals surface area contributed by atoms with E-state index in [1.54, 1.807) is 0 Å². The summed E-state index contributed by atoms with van der Waals surface area (Å²) in [6.07, 6.45) is 0. The normalized spacial score (nSPS) is 11.2. The summed E-state index contributed by atoms with van der Waals surface area (Å²) in [7, 11) is -3.14. The van der Waals surface area contributed by atoms with Crippen LogP contribution in [0.25, 0.3) is 0 Å². The molecule has 0 fully saturated rings. The van der Waals surface area contributed by atoms with Gasteiger partial charge in [0.1, 0.15) is 11.4 Å². The summed E-state index contributed by atoms with van der Waals surface area (Å²) in [6, 6.07) is 3.79. The Morgan fingerprint density at radius 2 is 2.11 bits per heavy atom. The SMILES string of the molecule is CCS(=O)(=O)CCNc1cccc(F)c1C(=O)O. The molecule has 7 heteroatoms. The van der Waals surface area contributed by atoms with Crippen molar-refractivity contribution in [3.8, 4) is 0 Å². The van der Waals surface area contributed by atoms with E-state index >= 15 is 0 Å². The number of carboxylic acids is 1. The monoisotopic (exact) mass is 275 g/mol. The van der Waals surface area contributed by atoms with Crippen molar-refractivity contribution < 1.29 is 22.7 Å². The van der Waals surface area contributed by atoms with Crippen LogP contribution in [0, 0.1) is 5.82 Å². The lowest BCUT2D eigenvalue weighted by Gasteiger charge is -2.09. The Balaban J connectivity index is 2.80. The first-order chi connectivity index (χ1) is 8.37. The van der Waals surface area contributed by atoms with Gasteiger partial charge in [0.25, 0.3) is 0 Å². The molecule has 0 atom stereocenters. The number of carboxylic acid groups (broad SMARTS) is 1. The van der Waals surface area contributed by atoms with Gasteiger partial charge in [0.15, 0.2) is 9.84 Å². The van der Waals surface area contributed by atoms with Crippen molar-refractivity contribution in [1.29, 1.82) is 0 Å². The first kappa shape index (κ1) is 14.4. The van der Waals surface area contributed by atoms with Gasteiger partial charge in [-0.25, -0.2) is 17.6 Å². The van der Waals surface area contributed by atoms with E-state index in [2.05, 4.69) is 5.32 Å². The van der Waals surface area contributed by atoms with Crippen LogP contribution in [0.15, 0.2) is 18.2 Å². The quantitative estimate of drug-likeness (QED) is 0.819. The molecule has 0 spiro atoms. The van der Waals surface area contributed by atoms with Gasteiger partial charge >= 0.3 is 5.97 Å². The van der Waals surface area contributed by atoms with Gasteiger partial charge in [0, 0.05) is 12.3 Å². The number of hydrogen-bond donors (Lipinski definition) is 2. The van der Waals surface area contributed by atoms with Crippen molar-refractivity contribution in [2.45, 2.75) is 6.92 Å². The molecule has 0 heterocycles. The van der Waals surface area contributed by atoms with Gasteiger partial charge in [0.05, 0.1) is 11.4 Å². The van der Waals surface area contributed by atoms with Crippen molar-refractivity contribution in [3.05, 3.63) is 29.6 Å². The Labute approximate surface area is 105 Å². The Kier molecular flexibility index (Phi) is 4.66. The maximum absolute atomic E-state index is 13.3. The van der Waals surface area contributed by atoms with Gasteiger partial charge in [-0.05, 0) is 12.1 Å². The third-order valence-corrected chi connectivity index (χ3v) is 4.10. The molecule has 0 unspecified atom stereocenters. The standard InChI is InChI=1S/C11H14FNO4S/c1-2-18(16,17)7-6-13-9-5-3-4-8(12)10(9)11(14)15/h3-5,13H,2,6-7H2,1H3,(H,14,15). The number of sulfone groups is 1. The second-order valence-corrected chi connectivity index (χ2v) is 6.10. The lowest BCUT2D eigenvalue weighted by molar-refractivity contribution is 0.0693. The molecule has 1 rings (SSSR count). The van der Waals surface area contributed by atoms with Crippen molar-refractivity contribution in [1.82, 2.24) is 0 Å². The highest BCUT2D eigenvalue weighted by Gasteiger charge is 2.15. The minimum atomic E-state index is -3.14. The zero-order valence-corrected chi connectivity index (χ0v) is 10.6. The molecule has 1 aromatic rings. The zero-order valence-electron chi connectivity index (χ0n) is 9.81. The maximum atomic E-state index is 13.3. The minimum absolute atomic E-state index is 0.0175. The van der Waals surface area contributed by atoms with Crippen LogP contribution in [-0.2, 0) is 9.84 Å². The van der Waals surface area contributed by atoms with Crippen molar-refractivity contribution in [2.75, 3.05) is 23.4 Å². The second kappa shape index (κ2) is 5.81. The van der Waals surface area contributed by atoms with E-state index in [0.717, 1.165) is 6.07 Å². The van der Waals surface area contributed by atoms with Gasteiger partial charge < -0.3 is 10.4 Å². The average molecular weight is 275 g/mol. The molecule has 0 radical (unpaired) electrons. The van der Waals surface area contributed by atoms with Crippen LogP contribution in [0.5, 0.6) is 0 Å². The topological polar surface area (TPSA) is 83.5 Å². The smallest absolute Gasteiger partial charge is 0.340 e. The highest BCUT2D eigenvalue weighted by molar-refractivity contribution is 7.91. The number of aromatic carboxylic acids is 1. The molecular weight excluding hydrogens is 261 g/mol. The van der Waals surface area contributed by atoms with Gasteiger partial charge in [-0.1, -0.05) is 13.0 Å². The van der Waals surface area contributed by atoms with Crippen molar-refractivity contribution in [3.63, 3.8) is 0 Å². The van der Waals surface area contributed by atoms with Gasteiger partial charge in [-0.2, -0.15) is 0 Å². The number of benzene rings is 1. The molecule has 0 aromatic heterocycles. The molecule has 0 amide bonds. The van der Waals surface area contributed by atoms with Crippen LogP contribution in [0.4, 0.5) is 10.1 Å². The van der Waals surface area contributed by atoms with Gasteiger partial charge in [-0.3, -0.25) is 0 Å². The van der Waals surface area contributed by atoms with Crippen LogP contribution in [0.2, 0.25) is 0 Å². The number of nitrogens with one attached hydrogen (secondary N) is 1. The van der Waals surface area contributed by atoms with Crippen molar-refractivity contribution in [2.24, 2.45) is 0 Å². The lowest BCUT2D eigenvalue weighted by atomic mass is 10.1. The fourth-order valence-corrected chi connectivity index (χ4v) is 2.08. The molecular formula is C11H14FNO4S. The van der Waals surface area contributed by atoms with Crippen LogP contribution in [-0.4, -0.2) is 37.5 Å². The highest BCUT2D eigenvalue weighted by atomic mass is 32.2. The Bertz CT molecular complexity index is 542. The van der Waals surface area contributed by atoms with Gasteiger partial charge in [-0.15, -0.1) is 0 Å². The Morgan fingerprint density at radius 1 is 1.44 bits per heavy atom. The summed E-state index contributed by atoms with van der Waals surface area (Å²) in [5, 5.41) is 11.5. The van der Waals surface area contributed by atoms with E-state index in [-0.39, 0.29) is 23.7 Å². The van der Waals surface area contributed by atoms with E-state index in [9.17, 15) is 17.6 Å². The van der Waals surface area contributed by atoms with E-state index in [4.69, 9.17) is 5.11 Å². The van der Waals surface area contributed by atoms with Crippen LogP contribution < -0.4 is 5.32 Å². The minimum Gasteiger partial charge on any atom is -0.478 e. The molecule has 100 valence electrons. The zero-order chi connectivity index (χ0) is 13.8. The van der Waals surface area contributed by atoms with E-state index in [1.165, 1.54) is 19.1 Å². The lowest BCUT2D eigenvalue weighted by Crippen LogP contribution is -2.18. The number of halogens is 1.